The normalized spacial score (nSPS) is 18.6. The molecule has 7 heteroatoms. The molecule has 0 saturated carbocycles. The van der Waals surface area contributed by atoms with Crippen LogP contribution in [0.3, 0.4) is 0 Å². The Labute approximate surface area is 119 Å². The fourth-order valence-corrected chi connectivity index (χ4v) is 3.07. The minimum absolute atomic E-state index is 0.00137. The van der Waals surface area contributed by atoms with Gasteiger partial charge in [-0.2, -0.15) is 0 Å². The lowest BCUT2D eigenvalue weighted by atomic mass is 10.2. The molecular weight excluding hydrogens is 280 g/mol. The topological polar surface area (TPSA) is 69.9 Å². The number of aryl methyl sites for hydroxylation is 1. The van der Waals surface area contributed by atoms with Gasteiger partial charge in [0.15, 0.2) is 11.1 Å². The first-order chi connectivity index (χ1) is 9.65. The highest BCUT2D eigenvalue weighted by Gasteiger charge is 2.25. The number of nitrogens with zero attached hydrogens (tertiary/aromatic N) is 2. The molecule has 6 nitrogen and oxygen atoms in total. The van der Waals surface area contributed by atoms with Gasteiger partial charge < -0.3 is 9.47 Å². The van der Waals surface area contributed by atoms with E-state index in [0.29, 0.717) is 23.7 Å². The van der Waals surface area contributed by atoms with Crippen molar-refractivity contribution in [2.45, 2.75) is 32.5 Å². The molecule has 2 aromatic rings. The molecule has 20 heavy (non-hydrogen) atoms. The molecule has 0 unspecified atom stereocenters. The number of aromatic nitrogens is 2. The van der Waals surface area contributed by atoms with Gasteiger partial charge in [0.1, 0.15) is 6.61 Å². The number of hydrogen-bond donors (Lipinski definition) is 0. The number of fused-ring (bicyclic) bond motifs is 1. The van der Waals surface area contributed by atoms with Crippen LogP contribution in [0.1, 0.15) is 24.2 Å². The number of carbonyl (C=O) groups is 1. The summed E-state index contributed by atoms with van der Waals surface area (Å²) in [5.74, 6) is -0.383. The molecule has 1 saturated heterocycles. The van der Waals surface area contributed by atoms with Crippen molar-refractivity contribution in [2.75, 3.05) is 6.61 Å². The predicted octanol–water partition coefficient (Wildman–Crippen LogP) is 1.29. The van der Waals surface area contributed by atoms with Gasteiger partial charge >= 0.3 is 5.97 Å². The minimum Gasteiger partial charge on any atom is -0.457 e. The van der Waals surface area contributed by atoms with Crippen molar-refractivity contribution in [3.63, 3.8) is 0 Å². The summed E-state index contributed by atoms with van der Waals surface area (Å²) >= 11 is 1.39. The quantitative estimate of drug-likeness (QED) is 0.798. The van der Waals surface area contributed by atoms with Crippen molar-refractivity contribution in [3.8, 4) is 0 Å². The van der Waals surface area contributed by atoms with Crippen molar-refractivity contribution >= 4 is 22.3 Å². The summed E-state index contributed by atoms with van der Waals surface area (Å²) < 4.78 is 11.9. The Kier molecular flexibility index (Phi) is 3.54. The minimum atomic E-state index is -0.469. The maximum Gasteiger partial charge on any atom is 0.335 e. The maximum atomic E-state index is 11.9. The van der Waals surface area contributed by atoms with Crippen LogP contribution in [0.25, 0.3) is 4.96 Å². The highest BCUT2D eigenvalue weighted by atomic mass is 32.1. The lowest BCUT2D eigenvalue weighted by Gasteiger charge is -2.09. The highest BCUT2D eigenvalue weighted by molar-refractivity contribution is 7.15. The van der Waals surface area contributed by atoms with Crippen LogP contribution >= 0.6 is 11.3 Å². The Morgan fingerprint density at radius 3 is 3.25 bits per heavy atom. The van der Waals surface area contributed by atoms with Crippen LogP contribution in [-0.2, 0) is 20.9 Å². The van der Waals surface area contributed by atoms with E-state index in [1.54, 1.807) is 0 Å². The summed E-state index contributed by atoms with van der Waals surface area (Å²) in [6.45, 7) is 2.45. The van der Waals surface area contributed by atoms with Gasteiger partial charge in [0.2, 0.25) is 0 Å². The molecule has 1 aliphatic heterocycles. The molecular formula is C13H14N2O4S. The molecule has 0 spiro atoms. The molecule has 0 aliphatic carbocycles. The summed E-state index contributed by atoms with van der Waals surface area (Å²) in [5.41, 5.74) is 1.16. The molecule has 3 heterocycles. The zero-order valence-electron chi connectivity index (χ0n) is 11.0. The van der Waals surface area contributed by atoms with Crippen molar-refractivity contribution in [1.82, 2.24) is 9.38 Å². The summed E-state index contributed by atoms with van der Waals surface area (Å²) in [5, 5.41) is 1.87. The monoisotopic (exact) mass is 294 g/mol. The largest absolute Gasteiger partial charge is 0.457 e. The van der Waals surface area contributed by atoms with E-state index in [9.17, 15) is 9.59 Å². The summed E-state index contributed by atoms with van der Waals surface area (Å²) in [4.78, 5) is 28.6. The van der Waals surface area contributed by atoms with Crippen molar-refractivity contribution in [1.29, 1.82) is 0 Å². The van der Waals surface area contributed by atoms with Gasteiger partial charge in [0.05, 0.1) is 5.69 Å². The molecule has 106 valence electrons. The smallest absolute Gasteiger partial charge is 0.335 e. The van der Waals surface area contributed by atoms with Crippen LogP contribution in [0.2, 0.25) is 0 Å². The first kappa shape index (κ1) is 13.3. The molecule has 0 N–H and O–H groups in total. The van der Waals surface area contributed by atoms with Crippen molar-refractivity contribution in [3.05, 3.63) is 33.2 Å². The van der Waals surface area contributed by atoms with Crippen LogP contribution in [0.5, 0.6) is 0 Å². The van der Waals surface area contributed by atoms with Crippen LogP contribution in [-0.4, -0.2) is 28.1 Å². The Hall–Kier alpha value is -1.73. The Balaban J connectivity index is 1.74. The van der Waals surface area contributed by atoms with Crippen LogP contribution in [0.15, 0.2) is 16.2 Å². The molecule has 0 bridgehead atoms. The number of ether oxygens (including phenoxy) is 2. The van der Waals surface area contributed by atoms with Crippen molar-refractivity contribution in [2.24, 2.45) is 0 Å². The van der Waals surface area contributed by atoms with E-state index in [0.717, 1.165) is 12.1 Å². The molecule has 0 aromatic carbocycles. The third-order valence-electron chi connectivity index (χ3n) is 3.18. The first-order valence-corrected chi connectivity index (χ1v) is 7.28. The second-order valence-electron chi connectivity index (χ2n) is 4.69. The average molecular weight is 294 g/mol. The fourth-order valence-electron chi connectivity index (χ4n) is 2.18. The highest BCUT2D eigenvalue weighted by Crippen LogP contribution is 2.15. The number of rotatable bonds is 3. The summed E-state index contributed by atoms with van der Waals surface area (Å²) in [7, 11) is 0. The number of thiazole rings is 1. The molecule has 3 rings (SSSR count). The second kappa shape index (κ2) is 5.34. The van der Waals surface area contributed by atoms with Crippen LogP contribution < -0.4 is 5.56 Å². The van der Waals surface area contributed by atoms with Crippen molar-refractivity contribution < 1.29 is 14.3 Å². The number of hydrogen-bond acceptors (Lipinski definition) is 6. The number of carbonyl (C=O) groups excluding carboxylic acids is 1. The van der Waals surface area contributed by atoms with Gasteiger partial charge in [0.25, 0.3) is 5.56 Å². The average Bonchev–Trinajstić information content (AvgIpc) is 3.06. The second-order valence-corrected chi connectivity index (χ2v) is 5.53. The standard InChI is InChI=1S/C13H14N2O4S/c1-8-7-20-13-14-9(5-11(16)15(8)13)6-19-12(17)10-3-2-4-18-10/h5,7,10H,2-4,6H2,1H3/t10-/m0/s1. The molecule has 1 atom stereocenters. The molecule has 0 amide bonds. The lowest BCUT2D eigenvalue weighted by Crippen LogP contribution is -2.23. The Morgan fingerprint density at radius 1 is 1.65 bits per heavy atom. The zero-order chi connectivity index (χ0) is 14.1. The third-order valence-corrected chi connectivity index (χ3v) is 4.13. The molecule has 1 fully saturated rings. The first-order valence-electron chi connectivity index (χ1n) is 6.40. The van der Waals surface area contributed by atoms with E-state index >= 15 is 0 Å². The summed E-state index contributed by atoms with van der Waals surface area (Å²) in [6.07, 6.45) is 1.10. The lowest BCUT2D eigenvalue weighted by molar-refractivity contribution is -0.155. The van der Waals surface area contributed by atoms with Crippen LogP contribution in [0, 0.1) is 6.92 Å². The predicted molar refractivity (Wildman–Crippen MR) is 72.8 cm³/mol. The molecule has 0 radical (unpaired) electrons. The van der Waals surface area contributed by atoms with Gasteiger partial charge in [0, 0.05) is 23.7 Å². The van der Waals surface area contributed by atoms with Crippen LogP contribution in [0.4, 0.5) is 0 Å². The van der Waals surface area contributed by atoms with E-state index in [1.807, 2.05) is 12.3 Å². The third kappa shape index (κ3) is 2.46. The van der Waals surface area contributed by atoms with Gasteiger partial charge in [-0.3, -0.25) is 9.20 Å². The maximum absolute atomic E-state index is 11.9. The van der Waals surface area contributed by atoms with E-state index in [1.165, 1.54) is 21.8 Å². The van der Waals surface area contributed by atoms with E-state index in [4.69, 9.17) is 9.47 Å². The SMILES string of the molecule is Cc1csc2nc(COC(=O)[C@@H]3CCCO3)cc(=O)n12. The van der Waals surface area contributed by atoms with Gasteiger partial charge in [-0.25, -0.2) is 9.78 Å². The van der Waals surface area contributed by atoms with E-state index < -0.39 is 6.10 Å². The van der Waals surface area contributed by atoms with Gasteiger partial charge in [-0.05, 0) is 19.8 Å². The summed E-state index contributed by atoms with van der Waals surface area (Å²) in [6, 6.07) is 1.40. The van der Waals surface area contributed by atoms with Gasteiger partial charge in [-0.15, -0.1) is 11.3 Å². The van der Waals surface area contributed by atoms with E-state index in [-0.39, 0.29) is 18.1 Å². The molecule has 2 aromatic heterocycles. The Bertz CT molecular complexity index is 700. The van der Waals surface area contributed by atoms with Gasteiger partial charge in [-0.1, -0.05) is 0 Å². The van der Waals surface area contributed by atoms with E-state index in [2.05, 4.69) is 4.98 Å². The fraction of sp³-hybridized carbons (Fsp3) is 0.462. The number of esters is 1. The zero-order valence-corrected chi connectivity index (χ0v) is 11.8. The Morgan fingerprint density at radius 2 is 2.50 bits per heavy atom. The molecule has 1 aliphatic rings.